The molecule has 0 atom stereocenters. The highest BCUT2D eigenvalue weighted by Crippen LogP contribution is 2.19. The molecular weight excluding hydrogens is 136 g/mol. The van der Waals surface area contributed by atoms with Gasteiger partial charge in [-0.05, 0) is 19.9 Å². The lowest BCUT2D eigenvalue weighted by Crippen LogP contribution is -2.35. The third-order valence-electron chi connectivity index (χ3n) is 2.73. The van der Waals surface area contributed by atoms with Gasteiger partial charge in [0.25, 0.3) is 0 Å². The quantitative estimate of drug-likeness (QED) is 0.462. The van der Waals surface area contributed by atoms with Gasteiger partial charge >= 0.3 is 0 Å². The van der Waals surface area contributed by atoms with E-state index in [4.69, 9.17) is 0 Å². The van der Waals surface area contributed by atoms with E-state index in [1.54, 1.807) is 0 Å². The van der Waals surface area contributed by atoms with Crippen LogP contribution in [0.1, 0.15) is 25.7 Å². The van der Waals surface area contributed by atoms with E-state index in [0.29, 0.717) is 0 Å². The molecule has 0 heterocycles. The van der Waals surface area contributed by atoms with E-state index < -0.39 is 0 Å². The molecule has 0 spiro atoms. The predicted molar refractivity (Wildman–Crippen MR) is 48.4 cm³/mol. The van der Waals surface area contributed by atoms with Crippen molar-refractivity contribution in [2.24, 2.45) is 0 Å². The van der Waals surface area contributed by atoms with Crippen LogP contribution < -0.4 is 5.32 Å². The second-order valence-electron chi connectivity index (χ2n) is 3.55. The average molecular weight is 155 g/mol. The van der Waals surface area contributed by atoms with E-state index in [-0.39, 0.29) is 0 Å². The van der Waals surface area contributed by atoms with Crippen molar-refractivity contribution in [3.63, 3.8) is 0 Å². The van der Waals surface area contributed by atoms with E-state index in [1.165, 1.54) is 25.7 Å². The van der Waals surface area contributed by atoms with E-state index in [9.17, 15) is 0 Å². The zero-order chi connectivity index (χ0) is 8.27. The summed E-state index contributed by atoms with van der Waals surface area (Å²) >= 11 is 0. The standard InChI is InChI=1S/C9H19N2/c1-10-8-4-6-9(7-5-8)11(2)3/h8-10H,2,4-7H2,1,3H3/q+1. The highest BCUT2D eigenvalue weighted by Gasteiger charge is 2.24. The molecule has 0 amide bonds. The molecule has 0 aromatic carbocycles. The first-order valence-electron chi connectivity index (χ1n) is 4.44. The number of hydrogen-bond donors (Lipinski definition) is 1. The lowest BCUT2D eigenvalue weighted by Gasteiger charge is -2.24. The topological polar surface area (TPSA) is 15.0 Å². The average Bonchev–Trinajstić information content (AvgIpc) is 2.05. The molecule has 0 aromatic heterocycles. The predicted octanol–water partition coefficient (Wildman–Crippen LogP) is 0.860. The van der Waals surface area contributed by atoms with Crippen LogP contribution in [0.15, 0.2) is 0 Å². The zero-order valence-electron chi connectivity index (χ0n) is 7.64. The number of rotatable bonds is 2. The van der Waals surface area contributed by atoms with Gasteiger partial charge in [-0.1, -0.05) is 0 Å². The van der Waals surface area contributed by atoms with Gasteiger partial charge in [-0.15, -0.1) is 0 Å². The van der Waals surface area contributed by atoms with Gasteiger partial charge in [-0.3, -0.25) is 0 Å². The van der Waals surface area contributed by atoms with E-state index in [1.807, 2.05) is 0 Å². The first kappa shape index (κ1) is 8.72. The minimum absolute atomic E-state index is 0.722. The van der Waals surface area contributed by atoms with Crippen molar-refractivity contribution in [3.8, 4) is 0 Å². The normalized spacial score (nSPS) is 31.8. The van der Waals surface area contributed by atoms with Crippen LogP contribution in [-0.4, -0.2) is 37.5 Å². The Kier molecular flexibility index (Phi) is 3.06. The van der Waals surface area contributed by atoms with Crippen molar-refractivity contribution >= 4 is 6.72 Å². The van der Waals surface area contributed by atoms with Gasteiger partial charge in [0.05, 0.1) is 0 Å². The fourth-order valence-corrected chi connectivity index (χ4v) is 1.81. The van der Waals surface area contributed by atoms with Crippen molar-refractivity contribution in [1.29, 1.82) is 0 Å². The van der Waals surface area contributed by atoms with E-state index in [0.717, 1.165) is 12.1 Å². The minimum atomic E-state index is 0.722. The van der Waals surface area contributed by atoms with Crippen LogP contribution in [0.4, 0.5) is 0 Å². The summed E-state index contributed by atoms with van der Waals surface area (Å²) in [7, 11) is 4.13. The van der Waals surface area contributed by atoms with Gasteiger partial charge in [0.15, 0.2) is 6.04 Å². The fraction of sp³-hybridized carbons (Fsp3) is 0.889. The first-order valence-corrected chi connectivity index (χ1v) is 4.44. The molecule has 2 heteroatoms. The van der Waals surface area contributed by atoms with Crippen LogP contribution in [0, 0.1) is 0 Å². The van der Waals surface area contributed by atoms with Crippen LogP contribution in [0.3, 0.4) is 0 Å². The summed E-state index contributed by atoms with van der Waals surface area (Å²) in [5.41, 5.74) is 0. The van der Waals surface area contributed by atoms with Gasteiger partial charge in [-0.2, -0.15) is 0 Å². The van der Waals surface area contributed by atoms with Gasteiger partial charge in [-0.25, -0.2) is 4.58 Å². The second-order valence-corrected chi connectivity index (χ2v) is 3.55. The van der Waals surface area contributed by atoms with Crippen LogP contribution >= 0.6 is 0 Å². The summed E-state index contributed by atoms with van der Waals surface area (Å²) in [6.07, 6.45) is 5.21. The van der Waals surface area contributed by atoms with E-state index >= 15 is 0 Å². The Morgan fingerprint density at radius 2 is 1.82 bits per heavy atom. The molecule has 0 radical (unpaired) electrons. The van der Waals surface area contributed by atoms with Crippen molar-refractivity contribution in [3.05, 3.63) is 0 Å². The second kappa shape index (κ2) is 3.86. The molecule has 1 rings (SSSR count). The molecular formula is C9H19N2+. The number of nitrogens with zero attached hydrogens (tertiary/aromatic N) is 1. The molecule has 0 bridgehead atoms. The Morgan fingerprint density at radius 1 is 1.27 bits per heavy atom. The summed E-state index contributed by atoms with van der Waals surface area (Å²) in [6, 6.07) is 1.48. The van der Waals surface area contributed by atoms with Crippen molar-refractivity contribution < 1.29 is 4.58 Å². The summed E-state index contributed by atoms with van der Waals surface area (Å²) in [5, 5.41) is 3.32. The Bertz CT molecular complexity index is 134. The van der Waals surface area contributed by atoms with Gasteiger partial charge in [0.2, 0.25) is 0 Å². The molecule has 0 aliphatic heterocycles. The third kappa shape index (κ3) is 2.29. The molecule has 1 N–H and O–H groups in total. The van der Waals surface area contributed by atoms with Crippen molar-refractivity contribution in [1.82, 2.24) is 5.32 Å². The molecule has 1 fully saturated rings. The molecule has 0 saturated heterocycles. The maximum Gasteiger partial charge on any atom is 0.151 e. The molecule has 1 aliphatic carbocycles. The van der Waals surface area contributed by atoms with Gasteiger partial charge in [0.1, 0.15) is 13.8 Å². The molecule has 1 saturated carbocycles. The molecule has 2 nitrogen and oxygen atoms in total. The highest BCUT2D eigenvalue weighted by molar-refractivity contribution is 5.14. The van der Waals surface area contributed by atoms with Crippen LogP contribution in [-0.2, 0) is 0 Å². The maximum atomic E-state index is 3.93. The summed E-state index contributed by atoms with van der Waals surface area (Å²) in [5.74, 6) is 0. The summed E-state index contributed by atoms with van der Waals surface area (Å²) in [6.45, 7) is 3.93. The molecule has 0 aromatic rings. The Morgan fingerprint density at radius 3 is 2.18 bits per heavy atom. The third-order valence-corrected chi connectivity index (χ3v) is 2.73. The lowest BCUT2D eigenvalue weighted by atomic mass is 9.91. The Labute approximate surface area is 69.3 Å². The largest absolute Gasteiger partial charge is 0.317 e. The summed E-state index contributed by atoms with van der Waals surface area (Å²) in [4.78, 5) is 0. The van der Waals surface area contributed by atoms with Crippen LogP contribution in [0.5, 0.6) is 0 Å². The monoisotopic (exact) mass is 155 g/mol. The minimum Gasteiger partial charge on any atom is -0.317 e. The van der Waals surface area contributed by atoms with Gasteiger partial charge in [0, 0.05) is 18.9 Å². The fourth-order valence-electron chi connectivity index (χ4n) is 1.81. The highest BCUT2D eigenvalue weighted by atomic mass is 15.0. The zero-order valence-corrected chi connectivity index (χ0v) is 7.64. The van der Waals surface area contributed by atoms with Crippen molar-refractivity contribution in [2.45, 2.75) is 37.8 Å². The Balaban J connectivity index is 2.30. The lowest BCUT2D eigenvalue weighted by molar-refractivity contribution is -0.534. The number of nitrogens with one attached hydrogen (secondary N) is 1. The van der Waals surface area contributed by atoms with Crippen LogP contribution in [0.2, 0.25) is 0 Å². The van der Waals surface area contributed by atoms with E-state index in [2.05, 4.69) is 30.7 Å². The number of hydrogen-bond acceptors (Lipinski definition) is 1. The van der Waals surface area contributed by atoms with Crippen LogP contribution in [0.25, 0.3) is 0 Å². The first-order chi connectivity index (χ1) is 5.24. The summed E-state index contributed by atoms with van der Waals surface area (Å²) < 4.78 is 2.10. The van der Waals surface area contributed by atoms with Gasteiger partial charge < -0.3 is 5.32 Å². The Hall–Kier alpha value is -0.370. The van der Waals surface area contributed by atoms with Crippen molar-refractivity contribution in [2.75, 3.05) is 14.1 Å². The SMILES string of the molecule is C=[N+](C)C1CCC(NC)CC1. The molecule has 0 unspecified atom stereocenters. The molecule has 11 heavy (non-hydrogen) atoms. The molecule has 64 valence electrons. The smallest absolute Gasteiger partial charge is 0.151 e. The molecule has 1 aliphatic rings. The maximum absolute atomic E-state index is 3.93.